The molecule has 2 aromatic rings. The van der Waals surface area contributed by atoms with Crippen LogP contribution in [0, 0.1) is 16.8 Å². The SMILES string of the molecule is O=C1C(c2ccc(F)c(F)c2)=[N+]([O-])c2cc(Cl)ccc21. The molecule has 6 heteroatoms. The van der Waals surface area contributed by atoms with E-state index >= 15 is 0 Å². The van der Waals surface area contributed by atoms with Gasteiger partial charge in [0.1, 0.15) is 5.56 Å². The molecule has 0 amide bonds. The summed E-state index contributed by atoms with van der Waals surface area (Å²) in [4.78, 5) is 12.2. The van der Waals surface area contributed by atoms with Crippen LogP contribution in [0.3, 0.4) is 0 Å². The Morgan fingerprint density at radius 3 is 2.50 bits per heavy atom. The van der Waals surface area contributed by atoms with E-state index in [9.17, 15) is 18.8 Å². The minimum absolute atomic E-state index is 0.0243. The molecule has 0 radical (unpaired) electrons. The molecule has 1 heterocycles. The Morgan fingerprint density at radius 1 is 1.05 bits per heavy atom. The summed E-state index contributed by atoms with van der Waals surface area (Å²) < 4.78 is 26.5. The summed E-state index contributed by atoms with van der Waals surface area (Å²) in [6.45, 7) is 0. The van der Waals surface area contributed by atoms with E-state index in [0.29, 0.717) is 9.76 Å². The molecule has 100 valence electrons. The van der Waals surface area contributed by atoms with Crippen LogP contribution in [0.25, 0.3) is 0 Å². The third-order valence-corrected chi connectivity index (χ3v) is 3.27. The lowest BCUT2D eigenvalue weighted by atomic mass is 10.0. The molecule has 0 fully saturated rings. The average molecular weight is 294 g/mol. The first kappa shape index (κ1) is 12.7. The lowest BCUT2D eigenvalue weighted by Crippen LogP contribution is -2.17. The largest absolute Gasteiger partial charge is 0.618 e. The number of carbonyl (C=O) groups excluding carboxylic acids is 1. The number of hydrogen-bond donors (Lipinski definition) is 0. The first-order chi connectivity index (χ1) is 9.49. The second kappa shape index (κ2) is 4.38. The van der Waals surface area contributed by atoms with Gasteiger partial charge in [-0.25, -0.2) is 8.78 Å². The highest BCUT2D eigenvalue weighted by Crippen LogP contribution is 2.30. The Kier molecular flexibility index (Phi) is 2.79. The van der Waals surface area contributed by atoms with Gasteiger partial charge >= 0.3 is 0 Å². The Balaban J connectivity index is 2.20. The fraction of sp³-hybridized carbons (Fsp3) is 0. The maximum absolute atomic E-state index is 13.2. The second-order valence-corrected chi connectivity index (χ2v) is 4.70. The van der Waals surface area contributed by atoms with Gasteiger partial charge in [0.25, 0.3) is 11.5 Å². The Hall–Kier alpha value is -2.27. The van der Waals surface area contributed by atoms with Crippen molar-refractivity contribution in [1.29, 1.82) is 0 Å². The van der Waals surface area contributed by atoms with Gasteiger partial charge in [0, 0.05) is 11.1 Å². The topological polar surface area (TPSA) is 43.1 Å². The minimum atomic E-state index is -1.12. The summed E-state index contributed by atoms with van der Waals surface area (Å²) in [5.41, 5.74) is 0.0590. The molecule has 2 aromatic carbocycles. The van der Waals surface area contributed by atoms with Crippen LogP contribution in [0.5, 0.6) is 0 Å². The molecule has 0 aromatic heterocycles. The molecule has 0 atom stereocenters. The molecule has 0 saturated carbocycles. The van der Waals surface area contributed by atoms with E-state index in [4.69, 9.17) is 11.6 Å². The van der Waals surface area contributed by atoms with E-state index in [1.807, 2.05) is 0 Å². The third kappa shape index (κ3) is 1.78. The van der Waals surface area contributed by atoms with Gasteiger partial charge in [-0.3, -0.25) is 4.79 Å². The fourth-order valence-electron chi connectivity index (χ4n) is 2.10. The van der Waals surface area contributed by atoms with E-state index in [-0.39, 0.29) is 22.5 Å². The first-order valence-corrected chi connectivity index (χ1v) is 6.00. The predicted octanol–water partition coefficient (Wildman–Crippen LogP) is 3.45. The molecule has 3 rings (SSSR count). The van der Waals surface area contributed by atoms with Crippen LogP contribution >= 0.6 is 11.6 Å². The highest BCUT2D eigenvalue weighted by atomic mass is 35.5. The summed E-state index contributed by atoms with van der Waals surface area (Å²) in [5, 5.41) is 12.4. The van der Waals surface area contributed by atoms with Gasteiger partial charge in [-0.05, 0) is 30.3 Å². The van der Waals surface area contributed by atoms with Crippen molar-refractivity contribution in [2.24, 2.45) is 0 Å². The molecular formula is C14H6ClF2NO2. The molecule has 0 unspecified atom stereocenters. The van der Waals surface area contributed by atoms with Crippen LogP contribution in [0.4, 0.5) is 14.5 Å². The monoisotopic (exact) mass is 293 g/mol. The summed E-state index contributed by atoms with van der Waals surface area (Å²) in [6.07, 6.45) is 0. The van der Waals surface area contributed by atoms with Crippen molar-refractivity contribution in [3.63, 3.8) is 0 Å². The molecule has 1 aliphatic rings. The standard InChI is InChI=1S/C14H6ClF2NO2/c15-8-2-3-9-12(6-8)18(20)13(14(9)19)7-1-4-10(16)11(17)5-7/h1-6H. The van der Waals surface area contributed by atoms with E-state index in [1.54, 1.807) is 0 Å². The molecule has 20 heavy (non-hydrogen) atoms. The number of rotatable bonds is 1. The van der Waals surface area contributed by atoms with Gasteiger partial charge in [0.15, 0.2) is 11.6 Å². The fourth-order valence-corrected chi connectivity index (χ4v) is 2.26. The van der Waals surface area contributed by atoms with E-state index in [2.05, 4.69) is 0 Å². The molecule has 0 N–H and O–H groups in total. The zero-order chi connectivity index (χ0) is 14.4. The molecule has 0 spiro atoms. The lowest BCUT2D eigenvalue weighted by Gasteiger charge is -2.02. The Morgan fingerprint density at radius 2 is 1.80 bits per heavy atom. The zero-order valence-corrected chi connectivity index (χ0v) is 10.6. The first-order valence-electron chi connectivity index (χ1n) is 5.63. The van der Waals surface area contributed by atoms with Crippen LogP contribution in [0.15, 0.2) is 36.4 Å². The smallest absolute Gasteiger partial charge is 0.273 e. The van der Waals surface area contributed by atoms with Crippen LogP contribution in [0.1, 0.15) is 15.9 Å². The molecule has 0 bridgehead atoms. The third-order valence-electron chi connectivity index (χ3n) is 3.03. The van der Waals surface area contributed by atoms with Gasteiger partial charge in [-0.15, -0.1) is 0 Å². The predicted molar refractivity (Wildman–Crippen MR) is 69.5 cm³/mol. The summed E-state index contributed by atoms with van der Waals surface area (Å²) in [7, 11) is 0. The number of halogens is 3. The van der Waals surface area contributed by atoms with Crippen molar-refractivity contribution >= 4 is 28.8 Å². The van der Waals surface area contributed by atoms with Crippen LogP contribution in [-0.4, -0.2) is 16.2 Å². The normalized spacial score (nSPS) is 13.8. The summed E-state index contributed by atoms with van der Waals surface area (Å²) >= 11 is 5.78. The van der Waals surface area contributed by atoms with Crippen molar-refractivity contribution in [1.82, 2.24) is 0 Å². The number of nitrogens with zero attached hydrogens (tertiary/aromatic N) is 1. The van der Waals surface area contributed by atoms with Crippen molar-refractivity contribution in [2.45, 2.75) is 0 Å². The summed E-state index contributed by atoms with van der Waals surface area (Å²) in [5.74, 6) is -2.71. The van der Waals surface area contributed by atoms with Gasteiger partial charge in [-0.1, -0.05) is 11.6 Å². The maximum atomic E-state index is 13.2. The molecule has 1 aliphatic heterocycles. The minimum Gasteiger partial charge on any atom is -0.618 e. The Labute approximate surface area is 117 Å². The van der Waals surface area contributed by atoms with E-state index in [1.165, 1.54) is 24.3 Å². The molecule has 0 saturated heterocycles. The Bertz CT molecular complexity index is 787. The highest BCUT2D eigenvalue weighted by Gasteiger charge is 2.36. The van der Waals surface area contributed by atoms with Crippen LogP contribution in [-0.2, 0) is 0 Å². The number of carbonyl (C=O) groups is 1. The molecule has 3 nitrogen and oxygen atoms in total. The molecular weight excluding hydrogens is 288 g/mol. The number of fused-ring (bicyclic) bond motifs is 1. The van der Waals surface area contributed by atoms with Crippen LogP contribution in [0.2, 0.25) is 5.02 Å². The lowest BCUT2D eigenvalue weighted by molar-refractivity contribution is -0.355. The van der Waals surface area contributed by atoms with Gasteiger partial charge < -0.3 is 5.21 Å². The van der Waals surface area contributed by atoms with E-state index in [0.717, 1.165) is 12.1 Å². The van der Waals surface area contributed by atoms with Gasteiger partial charge in [0.2, 0.25) is 5.69 Å². The van der Waals surface area contributed by atoms with E-state index < -0.39 is 17.4 Å². The van der Waals surface area contributed by atoms with Crippen molar-refractivity contribution in [3.8, 4) is 0 Å². The highest BCUT2D eigenvalue weighted by molar-refractivity contribution is 6.52. The second-order valence-electron chi connectivity index (χ2n) is 4.26. The van der Waals surface area contributed by atoms with Crippen LogP contribution < -0.4 is 0 Å². The van der Waals surface area contributed by atoms with Gasteiger partial charge in [0.05, 0.1) is 5.56 Å². The van der Waals surface area contributed by atoms with Gasteiger partial charge in [-0.2, -0.15) is 4.74 Å². The number of benzene rings is 2. The quantitative estimate of drug-likeness (QED) is 0.597. The average Bonchev–Trinajstić information content (AvgIpc) is 2.65. The van der Waals surface area contributed by atoms with Crippen molar-refractivity contribution < 1.29 is 18.3 Å². The molecule has 0 aliphatic carbocycles. The maximum Gasteiger partial charge on any atom is 0.273 e. The number of ketones is 1. The number of hydrogen-bond acceptors (Lipinski definition) is 2. The number of Topliss-reactive ketones (excluding diaryl/α,β-unsaturated/α-hetero) is 1. The van der Waals surface area contributed by atoms with Crippen molar-refractivity contribution in [2.75, 3.05) is 0 Å². The van der Waals surface area contributed by atoms with Crippen molar-refractivity contribution in [3.05, 3.63) is 69.4 Å². The summed E-state index contributed by atoms with van der Waals surface area (Å²) in [6, 6.07) is 7.15. The zero-order valence-electron chi connectivity index (χ0n) is 9.86.